The lowest BCUT2D eigenvalue weighted by molar-refractivity contribution is -0.143. The highest BCUT2D eigenvalue weighted by Crippen LogP contribution is 2.38. The molecule has 0 spiro atoms. The number of carbonyl (C=O) groups excluding carboxylic acids is 2. The summed E-state index contributed by atoms with van der Waals surface area (Å²) in [4.78, 5) is 24.5. The van der Waals surface area contributed by atoms with Crippen LogP contribution in [0.2, 0.25) is 0 Å². The number of rotatable bonds is 13. The van der Waals surface area contributed by atoms with Gasteiger partial charge in [0.2, 0.25) is 0 Å². The Balaban J connectivity index is 1.68. The van der Waals surface area contributed by atoms with Gasteiger partial charge in [-0.2, -0.15) is 16.4 Å². The summed E-state index contributed by atoms with van der Waals surface area (Å²) in [6.07, 6.45) is 0.175. The number of benzene rings is 2. The normalized spacial score (nSPS) is 11.6. The van der Waals surface area contributed by atoms with Gasteiger partial charge in [0.15, 0.2) is 0 Å². The zero-order chi connectivity index (χ0) is 27.6. The Kier molecular flexibility index (Phi) is 9.74. The van der Waals surface area contributed by atoms with Crippen LogP contribution in [0.1, 0.15) is 60.0 Å². The molecule has 204 valence electrons. The Hall–Kier alpha value is -4.11. The molecule has 0 radical (unpaired) electrons. The molecule has 39 heavy (non-hydrogen) atoms. The summed E-state index contributed by atoms with van der Waals surface area (Å²) in [6, 6.07) is 17.1. The monoisotopic (exact) mass is 548 g/mol. The molecule has 2 aromatic heterocycles. The molecule has 0 bridgehead atoms. The van der Waals surface area contributed by atoms with Crippen LogP contribution in [0.3, 0.4) is 0 Å². The number of nitrogens with zero attached hydrogens (tertiary/aromatic N) is 1. The molecule has 1 unspecified atom stereocenters. The second-order valence-electron chi connectivity index (χ2n) is 8.77. The van der Waals surface area contributed by atoms with Crippen LogP contribution in [0.15, 0.2) is 65.4 Å². The van der Waals surface area contributed by atoms with Crippen molar-refractivity contribution in [1.82, 2.24) is 10.2 Å². The molecule has 2 aromatic carbocycles. The zero-order valence-electron chi connectivity index (χ0n) is 22.3. The number of ether oxygens (including phenoxy) is 4. The standard InChI is InChI=1S/C30H32N2O6S/c1-4-35-29(33)13-12-27(23-9-7-6-8-20(23)3)38-28-16-22(37-18-21-14-15-39-19-21)10-11-24(28)25-17-26(32-31-25)30(34)36-5-2/h6-11,14-17,19,27H,4-5,12-13,18H2,1-3H3,(H,31,32). The highest BCUT2D eigenvalue weighted by molar-refractivity contribution is 7.07. The summed E-state index contributed by atoms with van der Waals surface area (Å²) in [5.74, 6) is 0.368. The summed E-state index contributed by atoms with van der Waals surface area (Å²) in [5.41, 5.74) is 4.51. The first-order valence-corrected chi connectivity index (χ1v) is 13.8. The Morgan fingerprint density at radius 1 is 1.03 bits per heavy atom. The minimum absolute atomic E-state index is 0.200. The van der Waals surface area contributed by atoms with Gasteiger partial charge in [0, 0.05) is 18.1 Å². The fourth-order valence-electron chi connectivity index (χ4n) is 4.08. The average molecular weight is 549 g/mol. The Morgan fingerprint density at radius 3 is 2.59 bits per heavy atom. The van der Waals surface area contributed by atoms with E-state index in [0.29, 0.717) is 42.4 Å². The van der Waals surface area contributed by atoms with Gasteiger partial charge in [-0.25, -0.2) is 4.79 Å². The van der Waals surface area contributed by atoms with Crippen LogP contribution >= 0.6 is 11.3 Å². The summed E-state index contributed by atoms with van der Waals surface area (Å²) in [5, 5.41) is 11.1. The van der Waals surface area contributed by atoms with E-state index in [0.717, 1.165) is 16.7 Å². The van der Waals surface area contributed by atoms with Gasteiger partial charge < -0.3 is 18.9 Å². The maximum atomic E-state index is 12.2. The van der Waals surface area contributed by atoms with Crippen LogP contribution in [-0.2, 0) is 20.9 Å². The van der Waals surface area contributed by atoms with Gasteiger partial charge in [-0.1, -0.05) is 24.3 Å². The molecule has 0 aliphatic heterocycles. The Labute approximate surface area is 231 Å². The van der Waals surface area contributed by atoms with E-state index >= 15 is 0 Å². The first-order chi connectivity index (χ1) is 19.0. The zero-order valence-corrected chi connectivity index (χ0v) is 23.1. The third-order valence-electron chi connectivity index (χ3n) is 6.01. The van der Waals surface area contributed by atoms with Crippen molar-refractivity contribution < 1.29 is 28.5 Å². The summed E-state index contributed by atoms with van der Waals surface area (Å²) in [6.45, 7) is 6.55. The van der Waals surface area contributed by atoms with Crippen LogP contribution in [0.4, 0.5) is 0 Å². The molecule has 0 aliphatic rings. The average Bonchev–Trinajstić information content (AvgIpc) is 3.64. The van der Waals surface area contributed by atoms with E-state index in [1.165, 1.54) is 0 Å². The summed E-state index contributed by atoms with van der Waals surface area (Å²) in [7, 11) is 0. The largest absolute Gasteiger partial charge is 0.489 e. The molecule has 8 nitrogen and oxygen atoms in total. The molecule has 2 heterocycles. The number of hydrogen-bond donors (Lipinski definition) is 1. The maximum absolute atomic E-state index is 12.2. The van der Waals surface area contributed by atoms with Crippen LogP contribution in [0, 0.1) is 6.92 Å². The molecule has 0 aliphatic carbocycles. The number of thiophene rings is 1. The van der Waals surface area contributed by atoms with E-state index in [-0.39, 0.29) is 24.7 Å². The first kappa shape index (κ1) is 27.9. The Morgan fingerprint density at radius 2 is 1.85 bits per heavy atom. The molecule has 9 heteroatoms. The van der Waals surface area contributed by atoms with E-state index in [4.69, 9.17) is 18.9 Å². The van der Waals surface area contributed by atoms with Gasteiger partial charge in [0.05, 0.1) is 18.9 Å². The lowest BCUT2D eigenvalue weighted by Gasteiger charge is -2.23. The third kappa shape index (κ3) is 7.48. The smallest absolute Gasteiger partial charge is 0.356 e. The van der Waals surface area contributed by atoms with E-state index in [1.807, 2.05) is 66.2 Å². The topological polar surface area (TPSA) is 99.7 Å². The van der Waals surface area contributed by atoms with Crippen molar-refractivity contribution in [3.05, 3.63) is 87.7 Å². The van der Waals surface area contributed by atoms with Crippen molar-refractivity contribution in [3.8, 4) is 22.8 Å². The number of aromatic amines is 1. The predicted octanol–water partition coefficient (Wildman–Crippen LogP) is 6.67. The molecule has 1 atom stereocenters. The first-order valence-electron chi connectivity index (χ1n) is 12.9. The van der Waals surface area contributed by atoms with Crippen molar-refractivity contribution in [1.29, 1.82) is 0 Å². The molecule has 0 saturated heterocycles. The second-order valence-corrected chi connectivity index (χ2v) is 9.55. The van der Waals surface area contributed by atoms with Crippen molar-refractivity contribution in [2.75, 3.05) is 13.2 Å². The summed E-state index contributed by atoms with van der Waals surface area (Å²) >= 11 is 1.61. The van der Waals surface area contributed by atoms with Crippen LogP contribution in [0.25, 0.3) is 11.3 Å². The predicted molar refractivity (Wildman–Crippen MR) is 149 cm³/mol. The van der Waals surface area contributed by atoms with Crippen LogP contribution < -0.4 is 9.47 Å². The molecule has 1 N–H and O–H groups in total. The maximum Gasteiger partial charge on any atom is 0.356 e. The fraction of sp³-hybridized carbons (Fsp3) is 0.300. The van der Waals surface area contributed by atoms with E-state index < -0.39 is 12.1 Å². The van der Waals surface area contributed by atoms with Gasteiger partial charge in [0.25, 0.3) is 0 Å². The highest BCUT2D eigenvalue weighted by atomic mass is 32.1. The minimum Gasteiger partial charge on any atom is -0.489 e. The highest BCUT2D eigenvalue weighted by Gasteiger charge is 2.22. The quantitative estimate of drug-likeness (QED) is 0.186. The number of hydrogen-bond acceptors (Lipinski definition) is 8. The lowest BCUT2D eigenvalue weighted by atomic mass is 9.99. The van der Waals surface area contributed by atoms with Crippen molar-refractivity contribution >= 4 is 23.3 Å². The van der Waals surface area contributed by atoms with Gasteiger partial charge >= 0.3 is 11.9 Å². The van der Waals surface area contributed by atoms with Crippen molar-refractivity contribution in [2.45, 2.75) is 46.3 Å². The van der Waals surface area contributed by atoms with Gasteiger partial charge in [-0.15, -0.1) is 0 Å². The SMILES string of the molecule is CCOC(=O)CCC(Oc1cc(OCc2ccsc2)ccc1-c1cc(C(=O)OCC)[nH]n1)c1ccccc1C. The number of nitrogens with one attached hydrogen (secondary N) is 1. The molecular weight excluding hydrogens is 516 g/mol. The Bertz CT molecular complexity index is 1380. The molecule has 0 amide bonds. The van der Waals surface area contributed by atoms with E-state index in [1.54, 1.807) is 31.3 Å². The molecule has 4 rings (SSSR count). The second kappa shape index (κ2) is 13.6. The molecular formula is C30H32N2O6S. The number of H-pyrrole nitrogens is 1. The fourth-order valence-corrected chi connectivity index (χ4v) is 4.73. The number of aryl methyl sites for hydroxylation is 1. The molecule has 4 aromatic rings. The molecule has 0 saturated carbocycles. The van der Waals surface area contributed by atoms with Crippen molar-refractivity contribution in [3.63, 3.8) is 0 Å². The van der Waals surface area contributed by atoms with E-state index in [9.17, 15) is 9.59 Å². The third-order valence-corrected chi connectivity index (χ3v) is 6.74. The van der Waals surface area contributed by atoms with Crippen LogP contribution in [-0.4, -0.2) is 35.3 Å². The minimum atomic E-state index is -0.485. The lowest BCUT2D eigenvalue weighted by Crippen LogP contribution is -2.13. The number of aromatic nitrogens is 2. The van der Waals surface area contributed by atoms with E-state index in [2.05, 4.69) is 10.2 Å². The van der Waals surface area contributed by atoms with Gasteiger partial charge in [0.1, 0.15) is 29.9 Å². The number of esters is 2. The number of carbonyl (C=O) groups is 2. The van der Waals surface area contributed by atoms with Crippen molar-refractivity contribution in [2.24, 2.45) is 0 Å². The molecule has 0 fully saturated rings. The van der Waals surface area contributed by atoms with Crippen LogP contribution in [0.5, 0.6) is 11.5 Å². The van der Waals surface area contributed by atoms with Gasteiger partial charge in [-0.3, -0.25) is 9.89 Å². The van der Waals surface area contributed by atoms with Gasteiger partial charge in [-0.05, 0) is 78.9 Å². The summed E-state index contributed by atoms with van der Waals surface area (Å²) < 4.78 is 22.9.